The van der Waals surface area contributed by atoms with Crippen molar-refractivity contribution < 1.29 is 4.39 Å². The monoisotopic (exact) mass is 285 g/mol. The predicted octanol–water partition coefficient (Wildman–Crippen LogP) is 4.29. The summed E-state index contributed by atoms with van der Waals surface area (Å²) in [6.07, 6.45) is 3.34. The second kappa shape index (κ2) is 5.80. The van der Waals surface area contributed by atoms with Crippen LogP contribution in [0.1, 0.15) is 43.5 Å². The standard InChI is InChI=1S/C17H20FN3/c1-3-6-19-16-10-15(20-17(21-16)12-4-5-12)13-7-11(2)8-14(18)9-13/h7-10,12H,3-6H2,1-2H3,(H,19,20,21). The number of nitrogens with one attached hydrogen (secondary N) is 1. The Labute approximate surface area is 124 Å². The van der Waals surface area contributed by atoms with Gasteiger partial charge in [0.25, 0.3) is 0 Å². The minimum atomic E-state index is -0.223. The van der Waals surface area contributed by atoms with Gasteiger partial charge in [-0.05, 0) is 49.9 Å². The molecule has 0 radical (unpaired) electrons. The fraction of sp³-hybridized carbons (Fsp3) is 0.412. The minimum absolute atomic E-state index is 0.223. The fourth-order valence-electron chi connectivity index (χ4n) is 2.37. The van der Waals surface area contributed by atoms with E-state index < -0.39 is 0 Å². The summed E-state index contributed by atoms with van der Waals surface area (Å²) < 4.78 is 13.6. The number of benzene rings is 1. The van der Waals surface area contributed by atoms with Crippen LogP contribution in [-0.4, -0.2) is 16.5 Å². The maximum Gasteiger partial charge on any atom is 0.134 e. The molecule has 1 fully saturated rings. The highest BCUT2D eigenvalue weighted by molar-refractivity contribution is 5.63. The summed E-state index contributed by atoms with van der Waals surface area (Å²) in [6.45, 7) is 4.89. The van der Waals surface area contributed by atoms with Crippen molar-refractivity contribution in [2.24, 2.45) is 0 Å². The van der Waals surface area contributed by atoms with Crippen molar-refractivity contribution >= 4 is 5.82 Å². The predicted molar refractivity (Wildman–Crippen MR) is 82.9 cm³/mol. The summed E-state index contributed by atoms with van der Waals surface area (Å²) in [6, 6.07) is 6.94. The molecule has 0 atom stereocenters. The maximum atomic E-state index is 13.6. The Kier molecular flexibility index (Phi) is 3.86. The summed E-state index contributed by atoms with van der Waals surface area (Å²) in [7, 11) is 0. The molecule has 0 aliphatic heterocycles. The average Bonchev–Trinajstić information content (AvgIpc) is 3.28. The Morgan fingerprint density at radius 3 is 2.67 bits per heavy atom. The molecule has 1 heterocycles. The number of halogens is 1. The Hall–Kier alpha value is -1.97. The topological polar surface area (TPSA) is 37.8 Å². The van der Waals surface area contributed by atoms with E-state index in [-0.39, 0.29) is 5.82 Å². The van der Waals surface area contributed by atoms with Crippen LogP contribution < -0.4 is 5.32 Å². The number of aryl methyl sites for hydroxylation is 1. The molecule has 1 N–H and O–H groups in total. The Bertz CT molecular complexity index is 630. The first-order valence-corrected chi connectivity index (χ1v) is 7.56. The van der Waals surface area contributed by atoms with Gasteiger partial charge in [-0.15, -0.1) is 0 Å². The van der Waals surface area contributed by atoms with Gasteiger partial charge in [0.15, 0.2) is 0 Å². The van der Waals surface area contributed by atoms with Gasteiger partial charge in [0.1, 0.15) is 17.5 Å². The second-order valence-electron chi connectivity index (χ2n) is 5.71. The van der Waals surface area contributed by atoms with E-state index in [2.05, 4.69) is 22.2 Å². The molecule has 1 aliphatic rings. The maximum absolute atomic E-state index is 13.6. The molecule has 0 spiro atoms. The van der Waals surface area contributed by atoms with Crippen molar-refractivity contribution in [1.82, 2.24) is 9.97 Å². The number of rotatable bonds is 5. The third-order valence-corrected chi connectivity index (χ3v) is 3.58. The van der Waals surface area contributed by atoms with E-state index in [9.17, 15) is 4.39 Å². The van der Waals surface area contributed by atoms with Gasteiger partial charge in [-0.25, -0.2) is 14.4 Å². The third kappa shape index (κ3) is 3.38. The lowest BCUT2D eigenvalue weighted by atomic mass is 10.1. The molecule has 1 aromatic carbocycles. The number of hydrogen-bond donors (Lipinski definition) is 1. The Balaban J connectivity index is 2.01. The van der Waals surface area contributed by atoms with Crippen molar-refractivity contribution in [3.8, 4) is 11.3 Å². The average molecular weight is 285 g/mol. The van der Waals surface area contributed by atoms with Crippen LogP contribution in [0.3, 0.4) is 0 Å². The first-order chi connectivity index (χ1) is 10.2. The molecule has 0 bridgehead atoms. The number of anilines is 1. The normalized spacial score (nSPS) is 14.2. The van der Waals surface area contributed by atoms with Crippen molar-refractivity contribution in [3.05, 3.63) is 41.5 Å². The smallest absolute Gasteiger partial charge is 0.134 e. The van der Waals surface area contributed by atoms with Gasteiger partial charge in [-0.2, -0.15) is 0 Å². The molecule has 1 aliphatic carbocycles. The van der Waals surface area contributed by atoms with E-state index in [1.807, 2.05) is 19.1 Å². The van der Waals surface area contributed by atoms with Crippen LogP contribution in [0, 0.1) is 12.7 Å². The molecule has 2 aromatic rings. The first kappa shape index (κ1) is 14.0. The van der Waals surface area contributed by atoms with Crippen LogP contribution in [0.2, 0.25) is 0 Å². The zero-order valence-electron chi connectivity index (χ0n) is 12.5. The molecule has 1 aromatic heterocycles. The Morgan fingerprint density at radius 2 is 2.00 bits per heavy atom. The van der Waals surface area contributed by atoms with Crippen LogP contribution in [0.5, 0.6) is 0 Å². The van der Waals surface area contributed by atoms with Crippen LogP contribution in [0.25, 0.3) is 11.3 Å². The van der Waals surface area contributed by atoms with Crippen molar-refractivity contribution in [1.29, 1.82) is 0 Å². The van der Waals surface area contributed by atoms with Crippen molar-refractivity contribution in [2.75, 3.05) is 11.9 Å². The molecule has 4 heteroatoms. The number of hydrogen-bond acceptors (Lipinski definition) is 3. The molecule has 0 amide bonds. The van der Waals surface area contributed by atoms with Gasteiger partial charge < -0.3 is 5.32 Å². The summed E-state index contributed by atoms with van der Waals surface area (Å²) in [5, 5.41) is 3.31. The van der Waals surface area contributed by atoms with Crippen LogP contribution in [-0.2, 0) is 0 Å². The van der Waals surface area contributed by atoms with E-state index in [4.69, 9.17) is 0 Å². The fourth-order valence-corrected chi connectivity index (χ4v) is 2.37. The van der Waals surface area contributed by atoms with E-state index in [1.165, 1.54) is 12.1 Å². The Morgan fingerprint density at radius 1 is 1.19 bits per heavy atom. The van der Waals surface area contributed by atoms with Gasteiger partial charge in [0.2, 0.25) is 0 Å². The van der Waals surface area contributed by atoms with Gasteiger partial charge in [0, 0.05) is 24.1 Å². The summed E-state index contributed by atoms with van der Waals surface area (Å²) in [5.74, 6) is 1.97. The lowest BCUT2D eigenvalue weighted by Crippen LogP contribution is -2.05. The summed E-state index contributed by atoms with van der Waals surface area (Å²) in [4.78, 5) is 9.23. The van der Waals surface area contributed by atoms with Gasteiger partial charge in [-0.3, -0.25) is 0 Å². The largest absolute Gasteiger partial charge is 0.370 e. The lowest BCUT2D eigenvalue weighted by Gasteiger charge is -2.10. The highest BCUT2D eigenvalue weighted by Crippen LogP contribution is 2.39. The molecule has 21 heavy (non-hydrogen) atoms. The van der Waals surface area contributed by atoms with E-state index in [1.54, 1.807) is 0 Å². The van der Waals surface area contributed by atoms with E-state index in [0.29, 0.717) is 5.92 Å². The van der Waals surface area contributed by atoms with Gasteiger partial charge >= 0.3 is 0 Å². The molecule has 110 valence electrons. The minimum Gasteiger partial charge on any atom is -0.370 e. The lowest BCUT2D eigenvalue weighted by molar-refractivity contribution is 0.627. The van der Waals surface area contributed by atoms with Gasteiger partial charge in [0.05, 0.1) is 5.69 Å². The molecular weight excluding hydrogens is 265 g/mol. The van der Waals surface area contributed by atoms with Crippen molar-refractivity contribution in [2.45, 2.75) is 39.0 Å². The first-order valence-electron chi connectivity index (χ1n) is 7.56. The summed E-state index contributed by atoms with van der Waals surface area (Å²) >= 11 is 0. The molecule has 3 rings (SSSR count). The zero-order chi connectivity index (χ0) is 14.8. The van der Waals surface area contributed by atoms with E-state index in [0.717, 1.165) is 54.3 Å². The summed E-state index contributed by atoms with van der Waals surface area (Å²) in [5.41, 5.74) is 2.52. The van der Waals surface area contributed by atoms with E-state index >= 15 is 0 Å². The van der Waals surface area contributed by atoms with Crippen LogP contribution in [0.15, 0.2) is 24.3 Å². The third-order valence-electron chi connectivity index (χ3n) is 3.58. The molecule has 0 unspecified atom stereocenters. The SMILES string of the molecule is CCCNc1cc(-c2cc(C)cc(F)c2)nc(C2CC2)n1. The quantitative estimate of drug-likeness (QED) is 0.890. The van der Waals surface area contributed by atoms with Crippen LogP contribution >= 0.6 is 0 Å². The van der Waals surface area contributed by atoms with Crippen molar-refractivity contribution in [3.63, 3.8) is 0 Å². The zero-order valence-corrected chi connectivity index (χ0v) is 12.5. The molecule has 3 nitrogen and oxygen atoms in total. The number of nitrogens with zero attached hydrogens (tertiary/aromatic N) is 2. The van der Waals surface area contributed by atoms with Gasteiger partial charge in [-0.1, -0.05) is 6.92 Å². The molecular formula is C17H20FN3. The second-order valence-corrected chi connectivity index (χ2v) is 5.71. The van der Waals surface area contributed by atoms with Crippen LogP contribution in [0.4, 0.5) is 10.2 Å². The highest BCUT2D eigenvalue weighted by atomic mass is 19.1. The highest BCUT2D eigenvalue weighted by Gasteiger charge is 2.27. The molecule has 0 saturated heterocycles. The number of aromatic nitrogens is 2. The molecule has 1 saturated carbocycles.